The third-order valence-corrected chi connectivity index (χ3v) is 10.6. The molecule has 152 valence electrons. The fourth-order valence-electron chi connectivity index (χ4n) is 3.88. The number of hydrogen-bond donors (Lipinski definition) is 0. The van der Waals surface area contributed by atoms with E-state index in [2.05, 4.69) is 41.2 Å². The highest BCUT2D eigenvalue weighted by molar-refractivity contribution is 9.10. The predicted molar refractivity (Wildman–Crippen MR) is 119 cm³/mol. The van der Waals surface area contributed by atoms with Crippen LogP contribution in [0.2, 0.25) is 13.1 Å². The molecule has 4 nitrogen and oxygen atoms in total. The van der Waals surface area contributed by atoms with E-state index in [0.29, 0.717) is 6.42 Å². The van der Waals surface area contributed by atoms with Crippen LogP contribution in [0.4, 0.5) is 0 Å². The smallest absolute Gasteiger partial charge is 0.264 e. The van der Waals surface area contributed by atoms with Crippen LogP contribution in [0.3, 0.4) is 0 Å². The molecule has 1 fully saturated rings. The maximum absolute atomic E-state index is 11.9. The third kappa shape index (κ3) is 4.94. The van der Waals surface area contributed by atoms with Crippen molar-refractivity contribution in [2.24, 2.45) is 5.92 Å². The fraction of sp³-hybridized carbons (Fsp3) is 0.429. The highest BCUT2D eigenvalue weighted by Gasteiger charge is 2.46. The molecule has 0 bridgehead atoms. The second-order valence-electron chi connectivity index (χ2n) is 8.12. The molecule has 28 heavy (non-hydrogen) atoms. The maximum atomic E-state index is 11.9. The van der Waals surface area contributed by atoms with Gasteiger partial charge in [-0.25, -0.2) is 0 Å². The van der Waals surface area contributed by atoms with Crippen LogP contribution in [0.25, 0.3) is 0 Å². The average Bonchev–Trinajstić information content (AvgIpc) is 2.64. The molecule has 0 aliphatic carbocycles. The molecule has 0 aromatic heterocycles. The van der Waals surface area contributed by atoms with Crippen LogP contribution < -0.4 is 5.19 Å². The van der Waals surface area contributed by atoms with E-state index in [1.807, 2.05) is 49.4 Å². The van der Waals surface area contributed by atoms with Crippen LogP contribution in [0.1, 0.15) is 25.0 Å². The van der Waals surface area contributed by atoms with Gasteiger partial charge in [-0.3, -0.25) is 4.18 Å². The van der Waals surface area contributed by atoms with Crippen molar-refractivity contribution in [2.45, 2.75) is 44.4 Å². The summed E-state index contributed by atoms with van der Waals surface area (Å²) in [5, 5.41) is 1.29. The van der Waals surface area contributed by atoms with Crippen molar-refractivity contribution in [3.8, 4) is 0 Å². The summed E-state index contributed by atoms with van der Waals surface area (Å²) in [6.07, 6.45) is 1.08. The molecule has 1 aliphatic rings. The average molecular weight is 484 g/mol. The van der Waals surface area contributed by atoms with Gasteiger partial charge in [0.25, 0.3) is 10.1 Å². The lowest BCUT2D eigenvalue weighted by atomic mass is 9.89. The molecule has 1 saturated heterocycles. The third-order valence-electron chi connectivity index (χ3n) is 5.64. The summed E-state index contributed by atoms with van der Waals surface area (Å²) in [5.74, 6) is -0.0762. The van der Waals surface area contributed by atoms with Crippen LogP contribution in [0.15, 0.2) is 59.1 Å². The molecule has 0 saturated carbocycles. The number of benzene rings is 2. The maximum Gasteiger partial charge on any atom is 0.264 e. The normalized spacial score (nSPS) is 26.2. The molecule has 4 atom stereocenters. The Morgan fingerprint density at radius 2 is 1.68 bits per heavy atom. The lowest BCUT2D eigenvalue weighted by Crippen LogP contribution is -2.58. The van der Waals surface area contributed by atoms with Crippen molar-refractivity contribution in [1.29, 1.82) is 0 Å². The van der Waals surface area contributed by atoms with E-state index >= 15 is 0 Å². The first-order valence-electron chi connectivity index (χ1n) is 9.42. The van der Waals surface area contributed by atoms with Gasteiger partial charge in [-0.2, -0.15) is 8.42 Å². The minimum absolute atomic E-state index is 0.0495. The Balaban J connectivity index is 1.97. The zero-order valence-corrected chi connectivity index (χ0v) is 20.0. The molecular formula is C21H27BrO4SSi. The Bertz CT molecular complexity index is 900. The second kappa shape index (κ2) is 8.40. The molecule has 0 amide bonds. The van der Waals surface area contributed by atoms with Gasteiger partial charge in [0.1, 0.15) is 8.07 Å². The van der Waals surface area contributed by atoms with Gasteiger partial charge in [-0.1, -0.05) is 83.6 Å². The Morgan fingerprint density at radius 1 is 1.07 bits per heavy atom. The minimum atomic E-state index is -3.55. The van der Waals surface area contributed by atoms with Gasteiger partial charge in [-0.05, 0) is 24.1 Å². The van der Waals surface area contributed by atoms with Crippen LogP contribution in [0.5, 0.6) is 0 Å². The Labute approximate surface area is 177 Å². The minimum Gasteiger partial charge on any atom is -0.373 e. The van der Waals surface area contributed by atoms with E-state index in [9.17, 15) is 8.42 Å². The van der Waals surface area contributed by atoms with Gasteiger partial charge in [0, 0.05) is 10.4 Å². The SMILES string of the molecule is C[C@H]1[C@@H](c2ccc(Br)cc2)O[C@@H]([Si](C)(C)c2ccccc2)C[C@H]1OS(C)(=O)=O. The zero-order chi connectivity index (χ0) is 20.5. The fourth-order valence-corrected chi connectivity index (χ4v) is 7.58. The molecular weight excluding hydrogens is 456 g/mol. The Kier molecular flexibility index (Phi) is 6.51. The van der Waals surface area contributed by atoms with Crippen molar-refractivity contribution in [3.63, 3.8) is 0 Å². The molecule has 0 unspecified atom stereocenters. The number of halogens is 1. The monoisotopic (exact) mass is 482 g/mol. The standard InChI is InChI=1S/C21H27BrO4SSi/c1-15-19(26-27(2,23)24)14-20(28(3,4)18-8-6-5-7-9-18)25-21(15)16-10-12-17(22)13-11-16/h5-13,15,19-21H,14H2,1-4H3/t15-,19-,20+,21+/m1/s1. The quantitative estimate of drug-likeness (QED) is 0.467. The van der Waals surface area contributed by atoms with Crippen LogP contribution in [-0.4, -0.2) is 34.6 Å². The highest BCUT2D eigenvalue weighted by atomic mass is 79.9. The summed E-state index contributed by atoms with van der Waals surface area (Å²) < 4.78 is 37.0. The number of rotatable bonds is 5. The van der Waals surface area contributed by atoms with Crippen LogP contribution in [0, 0.1) is 5.92 Å². The second-order valence-corrected chi connectivity index (χ2v) is 15.3. The van der Waals surface area contributed by atoms with Crippen molar-refractivity contribution in [3.05, 3.63) is 64.6 Å². The van der Waals surface area contributed by atoms with E-state index in [1.54, 1.807) is 0 Å². The number of ether oxygens (including phenoxy) is 1. The van der Waals surface area contributed by atoms with Crippen molar-refractivity contribution < 1.29 is 17.3 Å². The summed E-state index contributed by atoms with van der Waals surface area (Å²) >= 11 is 3.47. The summed E-state index contributed by atoms with van der Waals surface area (Å²) in [7, 11) is -5.57. The summed E-state index contributed by atoms with van der Waals surface area (Å²) in [5.41, 5.74) is 0.992. The Hall–Kier alpha value is -0.993. The van der Waals surface area contributed by atoms with E-state index < -0.39 is 24.3 Å². The van der Waals surface area contributed by atoms with Gasteiger partial charge in [0.15, 0.2) is 0 Å². The number of hydrogen-bond acceptors (Lipinski definition) is 4. The van der Waals surface area contributed by atoms with Gasteiger partial charge in [0.05, 0.1) is 24.2 Å². The first kappa shape index (κ1) is 21.7. The molecule has 0 N–H and O–H groups in total. The van der Waals surface area contributed by atoms with Crippen molar-refractivity contribution in [1.82, 2.24) is 0 Å². The summed E-state index contributed by atoms with van der Waals surface area (Å²) in [6.45, 7) is 6.56. The topological polar surface area (TPSA) is 52.6 Å². The van der Waals surface area contributed by atoms with Gasteiger partial charge in [-0.15, -0.1) is 0 Å². The summed E-state index contributed by atoms with van der Waals surface area (Å²) in [4.78, 5) is 0. The van der Waals surface area contributed by atoms with Gasteiger partial charge in [0.2, 0.25) is 0 Å². The summed E-state index contributed by atoms with van der Waals surface area (Å²) in [6, 6.07) is 18.4. The van der Waals surface area contributed by atoms with E-state index in [1.165, 1.54) is 5.19 Å². The first-order valence-corrected chi connectivity index (χ1v) is 15.1. The van der Waals surface area contributed by atoms with E-state index in [0.717, 1.165) is 16.3 Å². The Morgan fingerprint density at radius 3 is 2.25 bits per heavy atom. The van der Waals surface area contributed by atoms with E-state index in [-0.39, 0.29) is 17.7 Å². The molecule has 0 radical (unpaired) electrons. The zero-order valence-electron chi connectivity index (χ0n) is 16.6. The van der Waals surface area contributed by atoms with Crippen molar-refractivity contribution >= 4 is 39.3 Å². The van der Waals surface area contributed by atoms with Crippen molar-refractivity contribution in [2.75, 3.05) is 6.26 Å². The lowest BCUT2D eigenvalue weighted by molar-refractivity contribution is -0.0978. The molecule has 7 heteroatoms. The molecule has 1 heterocycles. The molecule has 2 aromatic rings. The molecule has 0 spiro atoms. The predicted octanol–water partition coefficient (Wildman–Crippen LogP) is 4.41. The van der Waals surface area contributed by atoms with Crippen LogP contribution in [-0.2, 0) is 19.0 Å². The molecule has 1 aliphatic heterocycles. The first-order chi connectivity index (χ1) is 13.1. The van der Waals surface area contributed by atoms with Crippen LogP contribution >= 0.6 is 15.9 Å². The largest absolute Gasteiger partial charge is 0.373 e. The lowest BCUT2D eigenvalue weighted by Gasteiger charge is -2.45. The van der Waals surface area contributed by atoms with E-state index in [4.69, 9.17) is 8.92 Å². The van der Waals surface area contributed by atoms with Gasteiger partial charge >= 0.3 is 0 Å². The molecule has 3 rings (SSSR count). The van der Waals surface area contributed by atoms with Gasteiger partial charge < -0.3 is 4.74 Å². The molecule has 2 aromatic carbocycles. The highest BCUT2D eigenvalue weighted by Crippen LogP contribution is 2.41.